The van der Waals surface area contributed by atoms with Crippen molar-refractivity contribution in [3.63, 3.8) is 0 Å². The quantitative estimate of drug-likeness (QED) is 0.861. The minimum atomic E-state index is -0.295. The second-order valence-corrected chi connectivity index (χ2v) is 6.82. The summed E-state index contributed by atoms with van der Waals surface area (Å²) < 4.78 is 18.5. The predicted octanol–water partition coefficient (Wildman–Crippen LogP) is 2.46. The van der Waals surface area contributed by atoms with Crippen LogP contribution in [0, 0.1) is 24.6 Å². The van der Waals surface area contributed by atoms with Gasteiger partial charge in [-0.2, -0.15) is 0 Å². The third kappa shape index (κ3) is 2.81. The van der Waals surface area contributed by atoms with Crippen LogP contribution < -0.4 is 0 Å². The van der Waals surface area contributed by atoms with Crippen LogP contribution in [-0.2, 0) is 11.3 Å². The summed E-state index contributed by atoms with van der Waals surface area (Å²) in [5.41, 5.74) is 1.35. The fraction of sp³-hybridized carbons (Fsp3) is 0.368. The largest absolute Gasteiger partial charge is 0.469 e. The van der Waals surface area contributed by atoms with Crippen molar-refractivity contribution < 1.29 is 18.4 Å². The molecule has 2 aliphatic rings. The Morgan fingerprint density at radius 3 is 2.80 bits per heavy atom. The van der Waals surface area contributed by atoms with Crippen molar-refractivity contribution in [1.82, 2.24) is 9.80 Å². The van der Waals surface area contributed by atoms with E-state index in [1.54, 1.807) is 28.9 Å². The third-order valence-electron chi connectivity index (χ3n) is 5.16. The summed E-state index contributed by atoms with van der Waals surface area (Å²) >= 11 is 0. The summed E-state index contributed by atoms with van der Waals surface area (Å²) in [4.78, 5) is 28.8. The smallest absolute Gasteiger partial charge is 0.257 e. The van der Waals surface area contributed by atoms with Crippen LogP contribution in [-0.4, -0.2) is 41.2 Å². The molecule has 1 aromatic heterocycles. The van der Waals surface area contributed by atoms with Crippen LogP contribution >= 0.6 is 0 Å². The number of aryl methyl sites for hydroxylation is 1. The number of hydrogen-bond donors (Lipinski definition) is 0. The Morgan fingerprint density at radius 2 is 2.12 bits per heavy atom. The molecule has 0 spiro atoms. The highest BCUT2D eigenvalue weighted by atomic mass is 19.1. The molecule has 0 saturated carbocycles. The number of halogens is 1. The predicted molar refractivity (Wildman–Crippen MR) is 88.1 cm³/mol. The zero-order valence-corrected chi connectivity index (χ0v) is 13.9. The molecule has 0 bridgehead atoms. The summed E-state index contributed by atoms with van der Waals surface area (Å²) in [5.74, 6) is 0.248. The molecule has 25 heavy (non-hydrogen) atoms. The number of nitrogens with zero attached hydrogens (tertiary/aromatic N) is 2. The highest BCUT2D eigenvalue weighted by Crippen LogP contribution is 2.34. The minimum Gasteiger partial charge on any atom is -0.469 e. The van der Waals surface area contributed by atoms with E-state index in [0.29, 0.717) is 37.5 Å². The lowest BCUT2D eigenvalue weighted by Crippen LogP contribution is -2.35. The lowest BCUT2D eigenvalue weighted by atomic mass is 10.0. The van der Waals surface area contributed by atoms with Crippen LogP contribution in [0.15, 0.2) is 41.0 Å². The Kier molecular flexibility index (Phi) is 3.82. The number of furan rings is 1. The van der Waals surface area contributed by atoms with Gasteiger partial charge in [-0.3, -0.25) is 9.59 Å². The molecule has 2 amide bonds. The molecule has 0 unspecified atom stereocenters. The molecule has 0 aliphatic carbocycles. The second kappa shape index (κ2) is 6.02. The number of amides is 2. The second-order valence-electron chi connectivity index (χ2n) is 6.82. The molecule has 0 N–H and O–H groups in total. The number of likely N-dealkylation sites (tertiary alicyclic amines) is 2. The summed E-state index contributed by atoms with van der Waals surface area (Å²) in [6.07, 6.45) is 1.51. The zero-order chi connectivity index (χ0) is 17.6. The van der Waals surface area contributed by atoms with Crippen LogP contribution in [0.5, 0.6) is 0 Å². The van der Waals surface area contributed by atoms with Crippen molar-refractivity contribution in [1.29, 1.82) is 0 Å². The van der Waals surface area contributed by atoms with Gasteiger partial charge in [0, 0.05) is 32.1 Å². The van der Waals surface area contributed by atoms with Crippen LogP contribution in [0.1, 0.15) is 21.7 Å². The van der Waals surface area contributed by atoms with Gasteiger partial charge in [0.05, 0.1) is 17.7 Å². The number of carbonyl (C=O) groups is 2. The number of benzene rings is 1. The van der Waals surface area contributed by atoms with Gasteiger partial charge in [-0.15, -0.1) is 0 Å². The molecule has 2 fully saturated rings. The van der Waals surface area contributed by atoms with E-state index < -0.39 is 0 Å². The summed E-state index contributed by atoms with van der Waals surface area (Å²) in [6.45, 7) is 3.79. The van der Waals surface area contributed by atoms with Crippen molar-refractivity contribution in [2.45, 2.75) is 13.5 Å². The fourth-order valence-corrected chi connectivity index (χ4v) is 3.88. The average molecular weight is 342 g/mol. The molecule has 0 radical (unpaired) electrons. The Hall–Kier alpha value is -2.63. The molecule has 5 nitrogen and oxygen atoms in total. The first kappa shape index (κ1) is 15.9. The first-order valence-electron chi connectivity index (χ1n) is 8.39. The van der Waals surface area contributed by atoms with Crippen LogP contribution in [0.25, 0.3) is 0 Å². The van der Waals surface area contributed by atoms with E-state index in [4.69, 9.17) is 4.42 Å². The summed E-state index contributed by atoms with van der Waals surface area (Å²) in [5, 5.41) is 0. The van der Waals surface area contributed by atoms with E-state index in [1.165, 1.54) is 18.4 Å². The summed E-state index contributed by atoms with van der Waals surface area (Å²) in [6, 6.07) is 8.00. The molecule has 1 aromatic carbocycles. The van der Waals surface area contributed by atoms with Crippen LogP contribution in [0.3, 0.4) is 0 Å². The van der Waals surface area contributed by atoms with Crippen molar-refractivity contribution in [3.05, 3.63) is 59.3 Å². The molecular formula is C19H19FN2O3. The monoisotopic (exact) mass is 342 g/mol. The first-order valence-corrected chi connectivity index (χ1v) is 8.39. The molecule has 3 heterocycles. The van der Waals surface area contributed by atoms with E-state index in [-0.39, 0.29) is 29.5 Å². The molecule has 6 heteroatoms. The van der Waals surface area contributed by atoms with Crippen molar-refractivity contribution in [3.8, 4) is 0 Å². The Morgan fingerprint density at radius 1 is 1.28 bits per heavy atom. The van der Waals surface area contributed by atoms with Gasteiger partial charge in [0.1, 0.15) is 11.6 Å². The molecule has 2 aromatic rings. The Bertz CT molecular complexity index is 832. The van der Waals surface area contributed by atoms with Crippen molar-refractivity contribution in [2.75, 3.05) is 19.6 Å². The zero-order valence-electron chi connectivity index (χ0n) is 13.9. The topological polar surface area (TPSA) is 53.8 Å². The molecule has 4 rings (SSSR count). The maximum atomic E-state index is 13.3. The van der Waals surface area contributed by atoms with Gasteiger partial charge in [-0.25, -0.2) is 4.39 Å². The molecule has 2 saturated heterocycles. The highest BCUT2D eigenvalue weighted by Gasteiger charge is 2.47. The van der Waals surface area contributed by atoms with Crippen molar-refractivity contribution in [2.24, 2.45) is 11.8 Å². The number of fused-ring (bicyclic) bond motifs is 1. The molecular weight excluding hydrogens is 323 g/mol. The minimum absolute atomic E-state index is 0.0495. The Labute approximate surface area is 145 Å². The van der Waals surface area contributed by atoms with Crippen LogP contribution in [0.2, 0.25) is 0 Å². The maximum absolute atomic E-state index is 13.3. The van der Waals surface area contributed by atoms with E-state index >= 15 is 0 Å². The average Bonchev–Trinajstić information content (AvgIpc) is 3.25. The van der Waals surface area contributed by atoms with Gasteiger partial charge in [-0.1, -0.05) is 12.1 Å². The lowest BCUT2D eigenvalue weighted by Gasteiger charge is -2.22. The van der Waals surface area contributed by atoms with Gasteiger partial charge in [0.2, 0.25) is 5.91 Å². The van der Waals surface area contributed by atoms with Gasteiger partial charge < -0.3 is 14.2 Å². The van der Waals surface area contributed by atoms with Gasteiger partial charge in [0.15, 0.2) is 0 Å². The maximum Gasteiger partial charge on any atom is 0.257 e. The highest BCUT2D eigenvalue weighted by molar-refractivity contribution is 5.96. The summed E-state index contributed by atoms with van der Waals surface area (Å²) in [7, 11) is 0. The van der Waals surface area contributed by atoms with Gasteiger partial charge in [-0.05, 0) is 30.7 Å². The normalized spacial score (nSPS) is 22.6. The fourth-order valence-electron chi connectivity index (χ4n) is 3.88. The van der Waals surface area contributed by atoms with Gasteiger partial charge >= 0.3 is 0 Å². The number of carbonyl (C=O) groups excluding carboxylic acids is 2. The van der Waals surface area contributed by atoms with Gasteiger partial charge in [0.25, 0.3) is 5.91 Å². The first-order chi connectivity index (χ1) is 12.0. The van der Waals surface area contributed by atoms with E-state index in [2.05, 4.69) is 0 Å². The Balaban J connectivity index is 1.43. The van der Waals surface area contributed by atoms with E-state index in [0.717, 1.165) is 5.56 Å². The molecule has 130 valence electrons. The van der Waals surface area contributed by atoms with E-state index in [9.17, 15) is 14.0 Å². The standard InChI is InChI=1S/C19H19FN2O3/c1-12-16(5-6-25-12)18(23)22-10-14-9-21(19(24)17(14)11-22)8-13-3-2-4-15(20)7-13/h2-7,14,17H,8-11H2,1H3/t14-,17+/m0/s1. The third-order valence-corrected chi connectivity index (χ3v) is 5.16. The number of rotatable bonds is 3. The SMILES string of the molecule is Cc1occc1C(=O)N1C[C@@H]2CN(Cc3cccc(F)c3)C(=O)[C@@H]2C1. The molecule has 2 atom stereocenters. The van der Waals surface area contributed by atoms with E-state index in [1.807, 2.05) is 6.07 Å². The van der Waals surface area contributed by atoms with Crippen LogP contribution in [0.4, 0.5) is 4.39 Å². The molecule has 2 aliphatic heterocycles. The number of hydrogen-bond acceptors (Lipinski definition) is 3. The lowest BCUT2D eigenvalue weighted by molar-refractivity contribution is -0.131. The van der Waals surface area contributed by atoms with Crippen molar-refractivity contribution >= 4 is 11.8 Å².